The van der Waals surface area contributed by atoms with Crippen LogP contribution >= 0.6 is 23.4 Å². The van der Waals surface area contributed by atoms with Crippen LogP contribution < -0.4 is 0 Å². The molecule has 0 atom stereocenters. The topological polar surface area (TPSA) is 69.4 Å². The third-order valence-corrected chi connectivity index (χ3v) is 2.10. The van der Waals surface area contributed by atoms with E-state index in [2.05, 4.69) is 25.0 Å². The molecule has 0 fully saturated rings. The van der Waals surface area contributed by atoms with Crippen molar-refractivity contribution in [1.29, 1.82) is 0 Å². The number of rotatable bonds is 2. The van der Waals surface area contributed by atoms with Crippen LogP contribution in [0.3, 0.4) is 0 Å². The molecule has 2 rings (SSSR count). The van der Waals surface area contributed by atoms with Crippen molar-refractivity contribution in [2.75, 3.05) is 6.26 Å². The Bertz CT molecular complexity index is 430. The second-order valence-electron chi connectivity index (χ2n) is 2.23. The van der Waals surface area contributed by atoms with Gasteiger partial charge in [-0.25, -0.2) is 4.98 Å². The molecule has 2 heterocycles. The Balaban J connectivity index is 2.48. The molecule has 8 heteroatoms. The molecule has 0 unspecified atom stereocenters. The van der Waals surface area contributed by atoms with E-state index in [0.717, 1.165) is 0 Å². The van der Waals surface area contributed by atoms with E-state index in [0.29, 0.717) is 11.1 Å². The van der Waals surface area contributed by atoms with E-state index in [9.17, 15) is 0 Å². The molecule has 0 N–H and O–H groups in total. The van der Waals surface area contributed by atoms with E-state index in [4.69, 9.17) is 11.6 Å². The number of hydrogen-bond acceptors (Lipinski definition) is 6. The van der Waals surface area contributed by atoms with Gasteiger partial charge in [0.2, 0.25) is 5.28 Å². The minimum atomic E-state index is 0.148. The highest BCUT2D eigenvalue weighted by molar-refractivity contribution is 7.98. The van der Waals surface area contributed by atoms with E-state index in [1.54, 1.807) is 0 Å². The molecule has 0 saturated carbocycles. The van der Waals surface area contributed by atoms with Gasteiger partial charge in [-0.15, -0.1) is 0 Å². The molecule has 72 valence electrons. The summed E-state index contributed by atoms with van der Waals surface area (Å²) in [7, 11) is 0. The number of aromatic nitrogens is 6. The van der Waals surface area contributed by atoms with Crippen molar-refractivity contribution in [3.8, 4) is 5.95 Å². The Morgan fingerprint density at radius 2 is 2.21 bits per heavy atom. The van der Waals surface area contributed by atoms with Crippen molar-refractivity contribution in [2.45, 2.75) is 5.16 Å². The standard InChI is InChI=1S/C6H5ClN6S/c1-14-6-11-4(7)10-5(12-6)13-3-8-2-9-13/h2-3H,1H3. The molecule has 2 aromatic heterocycles. The Morgan fingerprint density at radius 3 is 2.86 bits per heavy atom. The second-order valence-corrected chi connectivity index (χ2v) is 3.34. The normalized spacial score (nSPS) is 10.4. The first-order chi connectivity index (χ1) is 6.79. The molecule has 0 aliphatic heterocycles. The predicted molar refractivity (Wildman–Crippen MR) is 51.5 cm³/mol. The molecule has 0 bridgehead atoms. The molecular weight excluding hydrogens is 224 g/mol. The zero-order valence-corrected chi connectivity index (χ0v) is 8.70. The van der Waals surface area contributed by atoms with Gasteiger partial charge in [-0.2, -0.15) is 24.7 Å². The van der Waals surface area contributed by atoms with Gasteiger partial charge in [0.1, 0.15) is 12.7 Å². The van der Waals surface area contributed by atoms with E-state index in [-0.39, 0.29) is 5.28 Å². The summed E-state index contributed by atoms with van der Waals surface area (Å²) in [5, 5.41) is 4.59. The number of halogens is 1. The van der Waals surface area contributed by atoms with Crippen molar-refractivity contribution in [2.24, 2.45) is 0 Å². The van der Waals surface area contributed by atoms with Crippen molar-refractivity contribution in [3.63, 3.8) is 0 Å². The molecule has 6 nitrogen and oxygen atoms in total. The first kappa shape index (κ1) is 9.35. The Morgan fingerprint density at radius 1 is 1.36 bits per heavy atom. The van der Waals surface area contributed by atoms with Crippen LogP contribution in [-0.4, -0.2) is 36.0 Å². The lowest BCUT2D eigenvalue weighted by molar-refractivity contribution is 0.758. The molecule has 0 amide bonds. The van der Waals surface area contributed by atoms with Gasteiger partial charge in [-0.05, 0) is 17.9 Å². The van der Waals surface area contributed by atoms with Gasteiger partial charge in [-0.1, -0.05) is 11.8 Å². The maximum Gasteiger partial charge on any atom is 0.257 e. The summed E-state index contributed by atoms with van der Waals surface area (Å²) in [6.45, 7) is 0. The lowest BCUT2D eigenvalue weighted by Gasteiger charge is -2.00. The SMILES string of the molecule is CSc1nc(Cl)nc(-n2cncn2)n1. The average Bonchev–Trinajstić information content (AvgIpc) is 2.69. The molecule has 0 spiro atoms. The second kappa shape index (κ2) is 3.89. The summed E-state index contributed by atoms with van der Waals surface area (Å²) in [6, 6.07) is 0. The zero-order chi connectivity index (χ0) is 9.97. The first-order valence-corrected chi connectivity index (χ1v) is 5.20. The summed E-state index contributed by atoms with van der Waals surface area (Å²) in [6.07, 6.45) is 4.75. The fourth-order valence-corrected chi connectivity index (χ4v) is 1.38. The monoisotopic (exact) mass is 228 g/mol. The predicted octanol–water partition coefficient (Wildman–Crippen LogP) is 0.828. The van der Waals surface area contributed by atoms with Crippen molar-refractivity contribution >= 4 is 23.4 Å². The largest absolute Gasteiger partial charge is 0.257 e. The molecule has 0 radical (unpaired) electrons. The summed E-state index contributed by atoms with van der Waals surface area (Å²) in [5.41, 5.74) is 0. The first-order valence-electron chi connectivity index (χ1n) is 3.60. The van der Waals surface area contributed by atoms with Crippen LogP contribution in [0.5, 0.6) is 0 Å². The fourth-order valence-electron chi connectivity index (χ4n) is 0.827. The van der Waals surface area contributed by atoms with Crippen LogP contribution in [-0.2, 0) is 0 Å². The molecule has 0 aromatic carbocycles. The van der Waals surface area contributed by atoms with Crippen molar-refractivity contribution in [1.82, 2.24) is 29.7 Å². The molecule has 2 aromatic rings. The maximum atomic E-state index is 5.71. The van der Waals surface area contributed by atoms with E-state index >= 15 is 0 Å². The van der Waals surface area contributed by atoms with Crippen LogP contribution in [0.1, 0.15) is 0 Å². The van der Waals surface area contributed by atoms with Gasteiger partial charge in [0.15, 0.2) is 5.16 Å². The Hall–Kier alpha value is -1.21. The zero-order valence-electron chi connectivity index (χ0n) is 7.12. The van der Waals surface area contributed by atoms with Crippen LogP contribution in [0.4, 0.5) is 0 Å². The van der Waals surface area contributed by atoms with Gasteiger partial charge in [-0.3, -0.25) is 0 Å². The third kappa shape index (κ3) is 1.83. The highest BCUT2D eigenvalue weighted by Gasteiger charge is 2.05. The summed E-state index contributed by atoms with van der Waals surface area (Å²) in [5.74, 6) is 0.367. The number of hydrogen-bond donors (Lipinski definition) is 0. The third-order valence-electron chi connectivity index (χ3n) is 1.38. The minimum Gasteiger partial charge on any atom is -0.223 e. The van der Waals surface area contributed by atoms with Gasteiger partial charge in [0, 0.05) is 0 Å². The van der Waals surface area contributed by atoms with Crippen LogP contribution in [0.2, 0.25) is 5.28 Å². The van der Waals surface area contributed by atoms with Crippen LogP contribution in [0, 0.1) is 0 Å². The molecule has 14 heavy (non-hydrogen) atoms. The van der Waals surface area contributed by atoms with Gasteiger partial charge >= 0.3 is 0 Å². The van der Waals surface area contributed by atoms with Crippen molar-refractivity contribution < 1.29 is 0 Å². The van der Waals surface area contributed by atoms with E-state index in [1.165, 1.54) is 29.1 Å². The lowest BCUT2D eigenvalue weighted by atomic mass is 10.9. The number of nitrogens with zero attached hydrogens (tertiary/aromatic N) is 6. The fraction of sp³-hybridized carbons (Fsp3) is 0.167. The average molecular weight is 229 g/mol. The van der Waals surface area contributed by atoms with Crippen molar-refractivity contribution in [3.05, 3.63) is 17.9 Å². The highest BCUT2D eigenvalue weighted by Crippen LogP contribution is 2.12. The Labute approximate surface area is 88.8 Å². The van der Waals surface area contributed by atoms with Crippen LogP contribution in [0.25, 0.3) is 5.95 Å². The minimum absolute atomic E-state index is 0.148. The van der Waals surface area contributed by atoms with Gasteiger partial charge in [0.25, 0.3) is 5.95 Å². The van der Waals surface area contributed by atoms with E-state index in [1.807, 2.05) is 6.26 Å². The summed E-state index contributed by atoms with van der Waals surface area (Å²) >= 11 is 7.09. The van der Waals surface area contributed by atoms with E-state index < -0.39 is 0 Å². The maximum absolute atomic E-state index is 5.71. The summed E-state index contributed by atoms with van der Waals surface area (Å²) < 4.78 is 1.42. The smallest absolute Gasteiger partial charge is 0.223 e. The molecular formula is C6H5ClN6S. The Kier molecular flexibility index (Phi) is 2.60. The molecule has 0 aliphatic rings. The van der Waals surface area contributed by atoms with Gasteiger partial charge in [0.05, 0.1) is 0 Å². The summed E-state index contributed by atoms with van der Waals surface area (Å²) in [4.78, 5) is 15.7. The van der Waals surface area contributed by atoms with Gasteiger partial charge < -0.3 is 0 Å². The highest BCUT2D eigenvalue weighted by atomic mass is 35.5. The quantitative estimate of drug-likeness (QED) is 0.709. The lowest BCUT2D eigenvalue weighted by Crippen LogP contribution is -2.04. The molecule has 0 saturated heterocycles. The molecule has 0 aliphatic carbocycles. The number of thioether (sulfide) groups is 1. The van der Waals surface area contributed by atoms with Crippen LogP contribution in [0.15, 0.2) is 17.8 Å².